The molecule has 3 heteroatoms. The second-order valence-corrected chi connectivity index (χ2v) is 18.0. The summed E-state index contributed by atoms with van der Waals surface area (Å²) in [4.78, 5) is 0. The molecule has 40 heavy (non-hydrogen) atoms. The van der Waals surface area contributed by atoms with Crippen molar-refractivity contribution in [2.75, 3.05) is 0 Å². The second kappa shape index (κ2) is 13.5. The van der Waals surface area contributed by atoms with Crippen molar-refractivity contribution in [2.45, 2.75) is 13.8 Å². The molecule has 0 aromatic heterocycles. The van der Waals surface area contributed by atoms with Gasteiger partial charge in [-0.3, -0.25) is 0 Å². The summed E-state index contributed by atoms with van der Waals surface area (Å²) in [5.74, 6) is 0. The summed E-state index contributed by atoms with van der Waals surface area (Å²) in [5, 5.41) is 8.12. The molecule has 0 saturated heterocycles. The fourth-order valence-corrected chi connectivity index (χ4v) is 9.40. The smallest absolute Gasteiger partial charge is 0.0809 e. The Bertz CT molecular complexity index is 1740. The maximum atomic E-state index is 6.24. The monoisotopic (exact) mass is 634 g/mol. The maximum absolute atomic E-state index is 6.24. The molecule has 0 aliphatic carbocycles. The van der Waals surface area contributed by atoms with Gasteiger partial charge in [-0.2, -0.15) is 17.5 Å². The van der Waals surface area contributed by atoms with E-state index in [1.165, 1.54) is 43.4 Å². The molecule has 0 N–H and O–H groups in total. The number of hydrogen-bond acceptors (Lipinski definition) is 0. The number of halogens is 2. The van der Waals surface area contributed by atoms with E-state index in [4.69, 9.17) is 17.0 Å². The average molecular weight is 637 g/mol. The van der Waals surface area contributed by atoms with E-state index < -0.39 is 18.9 Å². The van der Waals surface area contributed by atoms with E-state index in [0.717, 1.165) is 14.3 Å². The van der Waals surface area contributed by atoms with E-state index >= 15 is 0 Å². The Hall–Kier alpha value is -3.09. The molecule has 0 spiro atoms. The van der Waals surface area contributed by atoms with Crippen molar-refractivity contribution in [3.63, 3.8) is 0 Å². The zero-order valence-electron chi connectivity index (χ0n) is 22.6. The summed E-state index contributed by atoms with van der Waals surface area (Å²) in [5.41, 5.74) is 4.95. The largest absolute Gasteiger partial charge is 0.168 e. The molecule has 0 bridgehead atoms. The predicted molar refractivity (Wildman–Crippen MR) is 174 cm³/mol. The minimum atomic E-state index is -2.44. The summed E-state index contributed by atoms with van der Waals surface area (Å²) in [6.45, 7) is 4.28. The Kier molecular flexibility index (Phi) is 9.61. The Morgan fingerprint density at radius 1 is 0.550 bits per heavy atom. The van der Waals surface area contributed by atoms with Crippen LogP contribution < -0.4 is 0 Å². The van der Waals surface area contributed by atoms with Gasteiger partial charge in [-0.25, -0.2) is 0 Å². The first-order valence-electron chi connectivity index (χ1n) is 13.3. The Balaban J connectivity index is 0.000000125. The van der Waals surface area contributed by atoms with Crippen LogP contribution in [0.1, 0.15) is 22.3 Å². The van der Waals surface area contributed by atoms with Gasteiger partial charge in [-0.15, -0.1) is 69.4 Å². The molecule has 0 atom stereocenters. The molecule has 0 aliphatic heterocycles. The van der Waals surface area contributed by atoms with Crippen LogP contribution in [-0.4, -0.2) is 3.21 Å². The zero-order valence-corrected chi connectivity index (χ0v) is 26.6. The summed E-state index contributed by atoms with van der Waals surface area (Å²) >= 11 is -2.44. The molecule has 0 heterocycles. The normalized spacial score (nSPS) is 10.5. The summed E-state index contributed by atoms with van der Waals surface area (Å²) in [7, 11) is 12.5. The van der Waals surface area contributed by atoms with Gasteiger partial charge in [-0.1, -0.05) is 41.5 Å². The molecule has 0 radical (unpaired) electrons. The second-order valence-electron chi connectivity index (χ2n) is 9.85. The van der Waals surface area contributed by atoms with Gasteiger partial charge in [-0.05, 0) is 13.8 Å². The van der Waals surface area contributed by atoms with Crippen LogP contribution >= 0.6 is 17.0 Å². The minimum Gasteiger partial charge on any atom is -0.168 e. The fourth-order valence-electron chi connectivity index (χ4n) is 4.93. The fraction of sp³-hybridized carbons (Fsp3) is 0.0541. The van der Waals surface area contributed by atoms with Gasteiger partial charge in [0.05, 0.1) is 0 Å². The molecule has 198 valence electrons. The van der Waals surface area contributed by atoms with E-state index in [9.17, 15) is 0 Å². The van der Waals surface area contributed by atoms with E-state index in [-0.39, 0.29) is 0 Å². The molecule has 0 nitrogen and oxygen atoms in total. The third-order valence-electron chi connectivity index (χ3n) is 6.88. The standard InChI is InChI=1S/C15H13.C13H10.C9H7.2ClH.Zr/c1-10-3-5-14-12(7-10)9-13-8-11(2)4-6-15(13)14;1-3-7-12(8-4-1)11-13-9-5-2-6-10-13;1-2-5-9-7-3-6-8(9)4-1;;;/h3-9H,1-2H3;1-10H;1-7H;2*1H;/q-1;;-1;;;+2/p-2. The topological polar surface area (TPSA) is 0 Å². The number of rotatable bonds is 2. The summed E-state index contributed by atoms with van der Waals surface area (Å²) < 4.78 is 1.15. The van der Waals surface area contributed by atoms with Gasteiger partial charge in [0, 0.05) is 0 Å². The van der Waals surface area contributed by atoms with Crippen LogP contribution in [0.5, 0.6) is 0 Å². The molecule has 0 saturated carbocycles. The van der Waals surface area contributed by atoms with Crippen LogP contribution in [-0.2, 0) is 18.9 Å². The molecule has 7 rings (SSSR count). The molecule has 0 aliphatic rings. The van der Waals surface area contributed by atoms with Crippen molar-refractivity contribution in [3.8, 4) is 0 Å². The summed E-state index contributed by atoms with van der Waals surface area (Å²) in [6, 6.07) is 50.6. The number of hydrogen-bond donors (Lipinski definition) is 0. The van der Waals surface area contributed by atoms with E-state index in [1.54, 1.807) is 0 Å². The van der Waals surface area contributed by atoms with Crippen LogP contribution in [0.3, 0.4) is 0 Å². The Morgan fingerprint density at radius 3 is 1.55 bits per heavy atom. The Morgan fingerprint density at radius 2 is 1.05 bits per heavy atom. The Labute approximate surface area is 251 Å². The molecular weight excluding hydrogens is 607 g/mol. The van der Waals surface area contributed by atoms with Crippen molar-refractivity contribution in [3.05, 3.63) is 168 Å². The van der Waals surface area contributed by atoms with Gasteiger partial charge in [0.25, 0.3) is 0 Å². The van der Waals surface area contributed by atoms with E-state index in [1.807, 2.05) is 36.4 Å². The van der Waals surface area contributed by atoms with Crippen molar-refractivity contribution in [1.29, 1.82) is 0 Å². The third kappa shape index (κ3) is 6.97. The first kappa shape index (κ1) is 28.4. The van der Waals surface area contributed by atoms with Gasteiger partial charge in [0.15, 0.2) is 0 Å². The molecule has 0 unspecified atom stereocenters. The number of fused-ring (bicyclic) bond motifs is 4. The number of aryl methyl sites for hydroxylation is 2. The zero-order chi connectivity index (χ0) is 27.9. The first-order chi connectivity index (χ1) is 19.5. The predicted octanol–water partition coefficient (Wildman–Crippen LogP) is 11.1. The minimum absolute atomic E-state index is 1.15. The third-order valence-corrected chi connectivity index (χ3v) is 11.5. The van der Waals surface area contributed by atoms with Gasteiger partial charge in [0.1, 0.15) is 0 Å². The van der Waals surface area contributed by atoms with Crippen molar-refractivity contribution in [2.24, 2.45) is 0 Å². The van der Waals surface area contributed by atoms with Crippen molar-refractivity contribution < 1.29 is 18.9 Å². The van der Waals surface area contributed by atoms with Crippen LogP contribution in [0.4, 0.5) is 0 Å². The van der Waals surface area contributed by atoms with Gasteiger partial charge in [0.2, 0.25) is 0 Å². The quantitative estimate of drug-likeness (QED) is 0.166. The molecule has 7 aromatic rings. The number of benzene rings is 5. The molecule has 0 fully saturated rings. The van der Waals surface area contributed by atoms with Crippen LogP contribution in [0.2, 0.25) is 0 Å². The first-order valence-corrected chi connectivity index (χ1v) is 20.9. The molecular formula is C37H30Cl2Zr-2. The van der Waals surface area contributed by atoms with Crippen molar-refractivity contribution in [1.82, 2.24) is 0 Å². The SMILES string of the molecule is Cc1ccc2c(c1)[cH-]c1cc(C)ccc12.[Cl][Zr]([Cl])=[C](c1ccccc1)c1ccccc1.c1ccc2[cH-]ccc2c1. The molecule has 0 amide bonds. The van der Waals surface area contributed by atoms with Crippen LogP contribution in [0.15, 0.2) is 146 Å². The van der Waals surface area contributed by atoms with Crippen molar-refractivity contribution >= 4 is 52.5 Å². The molecule has 7 aromatic carbocycles. The van der Waals surface area contributed by atoms with E-state index in [2.05, 4.69) is 123 Å². The van der Waals surface area contributed by atoms with Crippen LogP contribution in [0.25, 0.3) is 32.3 Å². The summed E-state index contributed by atoms with van der Waals surface area (Å²) in [6.07, 6.45) is 0. The van der Waals surface area contributed by atoms with Crippen LogP contribution in [0, 0.1) is 13.8 Å². The van der Waals surface area contributed by atoms with Gasteiger partial charge >= 0.3 is 111 Å². The average Bonchev–Trinajstić information content (AvgIpc) is 3.58. The van der Waals surface area contributed by atoms with Gasteiger partial charge < -0.3 is 0 Å². The maximum Gasteiger partial charge on any atom is -0.0809 e. The van der Waals surface area contributed by atoms with E-state index in [0.29, 0.717) is 0 Å².